The number of amides is 2. The highest BCUT2D eigenvalue weighted by atomic mass is 19.1. The second-order valence-corrected chi connectivity index (χ2v) is 27.0. The number of aliphatic hydroxyl groups is 1. The van der Waals surface area contributed by atoms with Crippen LogP contribution in [0.1, 0.15) is 160 Å². The lowest BCUT2D eigenvalue weighted by Gasteiger charge is -2.40. The molecule has 0 bridgehead atoms. The number of aliphatic imine (C=N–C) groups is 3. The molecule has 0 saturated carbocycles. The van der Waals surface area contributed by atoms with Crippen LogP contribution in [0.2, 0.25) is 0 Å². The molecule has 560 valence electrons. The monoisotopic (exact) mass is 1440 g/mol. The van der Waals surface area contributed by atoms with Crippen molar-refractivity contribution < 1.29 is 85.1 Å². The minimum absolute atomic E-state index is 0. The van der Waals surface area contributed by atoms with E-state index in [9.17, 15) is 51.1 Å². The molecule has 0 aliphatic carbocycles. The van der Waals surface area contributed by atoms with Gasteiger partial charge in [0.1, 0.15) is 64.1 Å². The topological polar surface area (TPSA) is 322 Å². The summed E-state index contributed by atoms with van der Waals surface area (Å²) in [4.78, 5) is 111. The van der Waals surface area contributed by atoms with E-state index in [1.807, 2.05) is 41.5 Å². The van der Waals surface area contributed by atoms with Crippen molar-refractivity contribution in [2.75, 3.05) is 54.6 Å². The van der Waals surface area contributed by atoms with Crippen molar-refractivity contribution in [2.24, 2.45) is 74.2 Å². The fourth-order valence-corrected chi connectivity index (χ4v) is 14.2. The summed E-state index contributed by atoms with van der Waals surface area (Å²) in [6.07, 6.45) is 6.89. The van der Waals surface area contributed by atoms with Crippen LogP contribution >= 0.6 is 0 Å². The number of carbonyl (C=O) groups excluding carboxylic acids is 7. The first-order valence-corrected chi connectivity index (χ1v) is 34.8. The number of halogens is 4. The van der Waals surface area contributed by atoms with Crippen LogP contribution in [0.4, 0.5) is 17.6 Å². The number of nitrogens with zero attached hydrogens (tertiary/aromatic N) is 3. The van der Waals surface area contributed by atoms with Gasteiger partial charge in [-0.05, 0) is 128 Å². The normalized spacial score (nSPS) is 22.1. The largest absolute Gasteiger partial charge is 0.481 e. The fraction of sp³-hybridized carbons (Fsp3) is 0.500. The summed E-state index contributed by atoms with van der Waals surface area (Å²) < 4.78 is 74.4. The quantitative estimate of drug-likeness (QED) is 0.0279. The predicted molar refractivity (Wildman–Crippen MR) is 383 cm³/mol. The Morgan fingerprint density at radius 1 is 0.544 bits per heavy atom. The number of carboxylic acid groups (broad SMARTS) is 1. The van der Waals surface area contributed by atoms with E-state index in [1.54, 1.807) is 50.2 Å². The standard InChI is InChI=1S/C19H23FN2O2.C19H24FNO4.C19H22FNO3.C18H21FN2O2.C2H4O2.CH4O.H3N/c1-11(2)17-16(19(23)24-3)15(12-6-8-13(20)9-7-12)14-5-4-10-21-18(14)22-17;1-11(2)17(22)16(19(24)25-3)15(12-6-8-13(20)9-7-12)14-5-4-10-21-18(14)23;1-11(2)17-16(19(22)23-3)15(12-6-8-13(20)9-7-12)14-5-4-10-21-18(14)24-17;1-10(2)16(22)15-14(11-5-7-12(19)8-6-11)13-4-3-9-20-17(13)21-18(15)23;1-2(3)4;1-2;/h6-9,11,14-15H,4-5,10H2,1-3H3,(H,21,22);6-9,11,14-16H,4-5,10H2,1-3H3,(H,21,23);6-9,11,14-15H,4-5,10H2,1-3H3;5-8,10,13-15H,3-4,9H2,1-2H3,(H,20,21,23);1H3,(H,3,4);2H,1H3;1H3. The summed E-state index contributed by atoms with van der Waals surface area (Å²) >= 11 is 0. The molecule has 11 rings (SSSR count). The summed E-state index contributed by atoms with van der Waals surface area (Å²) in [7, 11) is 5.00. The molecule has 0 aromatic heterocycles. The maximum absolute atomic E-state index is 13.4. The third-order valence-corrected chi connectivity index (χ3v) is 18.9. The van der Waals surface area contributed by atoms with Crippen LogP contribution in [0.5, 0.6) is 0 Å². The molecule has 0 spiro atoms. The number of benzene rings is 4. The average Bonchev–Trinajstić information content (AvgIpc) is 0.779. The first kappa shape index (κ1) is 84.4. The van der Waals surface area contributed by atoms with Crippen LogP contribution in [0.15, 0.2) is 135 Å². The molecule has 4 aromatic rings. The number of amidine groups is 2. The van der Waals surface area contributed by atoms with Gasteiger partial charge in [-0.15, -0.1) is 0 Å². The number of rotatable bonds is 15. The Balaban J connectivity index is 0.000000240. The number of methoxy groups -OCH3 is 3. The number of carbonyl (C=O) groups is 8. The van der Waals surface area contributed by atoms with E-state index in [2.05, 4.69) is 30.9 Å². The van der Waals surface area contributed by atoms with Gasteiger partial charge in [0.05, 0.1) is 32.5 Å². The van der Waals surface area contributed by atoms with E-state index in [0.29, 0.717) is 53.7 Å². The lowest BCUT2D eigenvalue weighted by atomic mass is 9.68. The zero-order valence-electron chi connectivity index (χ0n) is 61.2. The zero-order chi connectivity index (χ0) is 75.2. The van der Waals surface area contributed by atoms with E-state index in [-0.39, 0.29) is 106 Å². The molecule has 7 heterocycles. The Hall–Kier alpha value is -9.23. The molecule has 4 aromatic carbocycles. The number of hydrogen-bond acceptors (Lipinski definition) is 18. The van der Waals surface area contributed by atoms with Crippen molar-refractivity contribution in [1.82, 2.24) is 22.1 Å². The van der Waals surface area contributed by atoms with Crippen molar-refractivity contribution >= 4 is 64.8 Å². The van der Waals surface area contributed by atoms with Gasteiger partial charge in [-0.25, -0.2) is 27.2 Å². The highest BCUT2D eigenvalue weighted by molar-refractivity contribution is 6.13. The van der Waals surface area contributed by atoms with E-state index >= 15 is 0 Å². The van der Waals surface area contributed by atoms with Gasteiger partial charge in [-0.3, -0.25) is 43.7 Å². The number of Topliss-reactive ketones (excluding diaryl/α,β-unsaturated/α-hetero) is 2. The maximum Gasteiger partial charge on any atom is 0.337 e. The van der Waals surface area contributed by atoms with Crippen LogP contribution in [0, 0.1) is 82.4 Å². The van der Waals surface area contributed by atoms with Crippen molar-refractivity contribution in [2.45, 2.75) is 137 Å². The molecule has 2 amide bonds. The molecule has 103 heavy (non-hydrogen) atoms. The van der Waals surface area contributed by atoms with Crippen molar-refractivity contribution in [1.29, 1.82) is 0 Å². The van der Waals surface area contributed by atoms with Gasteiger partial charge in [0.15, 0.2) is 5.90 Å². The second-order valence-electron chi connectivity index (χ2n) is 27.0. The van der Waals surface area contributed by atoms with Crippen molar-refractivity contribution in [3.63, 3.8) is 0 Å². The minimum Gasteiger partial charge on any atom is -0.481 e. The van der Waals surface area contributed by atoms with Crippen LogP contribution in [-0.4, -0.2) is 130 Å². The first-order valence-electron chi connectivity index (χ1n) is 34.8. The van der Waals surface area contributed by atoms with Gasteiger partial charge in [-0.1, -0.05) is 104 Å². The Morgan fingerprint density at radius 3 is 1.45 bits per heavy atom. The molecule has 2 fully saturated rings. The number of esters is 3. The third kappa shape index (κ3) is 21.4. The van der Waals surface area contributed by atoms with Gasteiger partial charge in [-0.2, -0.15) is 0 Å². The molecule has 2 saturated heterocycles. The van der Waals surface area contributed by atoms with Gasteiger partial charge < -0.3 is 51.3 Å². The smallest absolute Gasteiger partial charge is 0.337 e. The van der Waals surface area contributed by atoms with Gasteiger partial charge >= 0.3 is 17.9 Å². The summed E-state index contributed by atoms with van der Waals surface area (Å²) in [6, 6.07) is 24.5. The Morgan fingerprint density at radius 2 is 0.990 bits per heavy atom. The summed E-state index contributed by atoms with van der Waals surface area (Å²) in [5, 5.41) is 23.4. The van der Waals surface area contributed by atoms with Gasteiger partial charge in [0.25, 0.3) is 5.97 Å². The highest BCUT2D eigenvalue weighted by Crippen LogP contribution is 2.47. The highest BCUT2D eigenvalue weighted by Gasteiger charge is 2.49. The zero-order valence-corrected chi connectivity index (χ0v) is 61.2. The number of piperidine rings is 2. The minimum atomic E-state index is -1.09. The van der Waals surface area contributed by atoms with Crippen molar-refractivity contribution in [3.8, 4) is 0 Å². The Kier molecular flexibility index (Phi) is 32.8. The Labute approximate surface area is 600 Å². The number of allylic oxidation sites excluding steroid dienone is 2. The Bertz CT molecular complexity index is 3620. The van der Waals surface area contributed by atoms with Crippen molar-refractivity contribution in [3.05, 3.63) is 165 Å². The molecule has 7 aliphatic heterocycles. The van der Waals surface area contributed by atoms with Crippen LogP contribution in [0.25, 0.3) is 0 Å². The van der Waals surface area contributed by atoms with Crippen LogP contribution in [-0.2, 0) is 57.3 Å². The average molecular weight is 1440 g/mol. The summed E-state index contributed by atoms with van der Waals surface area (Å²) in [5.41, 5.74) is 5.27. The van der Waals surface area contributed by atoms with Gasteiger partial charge in [0, 0.05) is 111 Å². The lowest BCUT2D eigenvalue weighted by molar-refractivity contribution is -0.153. The number of hydrogen-bond donors (Lipinski definition) is 6. The number of aliphatic carboxylic acids is 1. The number of nitrogens with one attached hydrogen (secondary N) is 3. The number of aliphatic hydroxyl groups excluding tert-OH is 1. The molecular formula is C78H101F4N7O14. The molecule has 21 nitrogen and oxygen atoms in total. The lowest BCUT2D eigenvalue weighted by Crippen LogP contribution is -2.54. The second kappa shape index (κ2) is 40.0. The molecule has 25 heteroatoms. The summed E-state index contributed by atoms with van der Waals surface area (Å²) in [6.45, 7) is 19.0. The summed E-state index contributed by atoms with van der Waals surface area (Å²) in [5.74, 6) is -5.48. The third-order valence-electron chi connectivity index (χ3n) is 18.9. The SMILES string of the molecule is CC(=O)O.CC(C)C(=O)C1C(=O)NC2=NCCCC2C1c1ccc(F)cc1.CO.COC(=O)C(C(=O)C(C)C)C(c1ccc(F)cc1)C1CCCNC1=O.COC(=O)C1=C(C(C)C)NC2=NCCCC2C1c1ccc(F)cc1.COC(=O)C1=C(C(C)C)OC2=NCCCC2C1c1ccc(F)cc1.N. The van der Waals surface area contributed by atoms with Gasteiger partial charge in [0.2, 0.25) is 11.8 Å². The number of fused-ring (bicyclic) bond motifs is 3. The number of ether oxygens (including phenoxy) is 4. The van der Waals surface area contributed by atoms with Crippen LogP contribution < -0.4 is 22.1 Å². The fourth-order valence-electron chi connectivity index (χ4n) is 14.2. The molecule has 0 radical (unpaired) electrons. The molecule has 10 unspecified atom stereocenters. The number of carboxylic acids is 1. The van der Waals surface area contributed by atoms with E-state index < -0.39 is 53.3 Å². The van der Waals surface area contributed by atoms with E-state index in [0.717, 1.165) is 100 Å². The predicted octanol–water partition coefficient (Wildman–Crippen LogP) is 12.2. The molecular weight excluding hydrogens is 1330 g/mol. The maximum atomic E-state index is 13.4. The molecule has 10 atom stereocenters. The van der Waals surface area contributed by atoms with Crippen LogP contribution in [0.3, 0.4) is 0 Å². The molecule has 8 N–H and O–H groups in total. The first-order chi connectivity index (χ1) is 48.6. The van der Waals surface area contributed by atoms with E-state index in [4.69, 9.17) is 34.0 Å². The molecule has 7 aliphatic rings. The number of ketones is 2. The van der Waals surface area contributed by atoms with E-state index in [1.165, 1.54) is 82.0 Å².